The van der Waals surface area contributed by atoms with Crippen LogP contribution in [0.25, 0.3) is 21.9 Å². The number of aliphatic hydroxyl groups excluding tert-OH is 1. The first kappa shape index (κ1) is 21.4. The number of hydrogen-bond donors (Lipinski definition) is 3. The number of rotatable bonds is 8. The number of aliphatic hydroxyl groups is 1. The van der Waals surface area contributed by atoms with Gasteiger partial charge < -0.3 is 24.9 Å². The molecular weight excluding hydrogens is 412 g/mol. The number of alkyl carbamates (subject to hydrolysis) is 1. The third-order valence-corrected chi connectivity index (χ3v) is 4.94. The zero-order chi connectivity index (χ0) is 22.5. The molecule has 0 spiro atoms. The molecule has 9 nitrogen and oxygen atoms in total. The summed E-state index contributed by atoms with van der Waals surface area (Å²) in [5, 5.41) is 20.4. The van der Waals surface area contributed by atoms with Crippen LogP contribution >= 0.6 is 0 Å². The van der Waals surface area contributed by atoms with Crippen molar-refractivity contribution in [3.63, 3.8) is 0 Å². The lowest BCUT2D eigenvalue weighted by molar-refractivity contribution is 0.0919. The Bertz CT molecular complexity index is 1230. The van der Waals surface area contributed by atoms with E-state index in [4.69, 9.17) is 14.3 Å². The van der Waals surface area contributed by atoms with Gasteiger partial charge in [0, 0.05) is 23.4 Å². The van der Waals surface area contributed by atoms with Gasteiger partial charge in [0.2, 0.25) is 0 Å². The Morgan fingerprint density at radius 2 is 2.03 bits per heavy atom. The summed E-state index contributed by atoms with van der Waals surface area (Å²) >= 11 is 0. The molecule has 32 heavy (non-hydrogen) atoms. The molecular formula is C23H24N4O5. The second kappa shape index (κ2) is 9.52. The monoisotopic (exact) mass is 436 g/mol. The minimum Gasteiger partial charge on any atom is -0.451 e. The van der Waals surface area contributed by atoms with Crippen molar-refractivity contribution in [3.05, 3.63) is 66.1 Å². The van der Waals surface area contributed by atoms with Gasteiger partial charge in [0.25, 0.3) is 5.91 Å². The average molecular weight is 436 g/mol. The fourth-order valence-corrected chi connectivity index (χ4v) is 3.47. The van der Waals surface area contributed by atoms with Crippen molar-refractivity contribution in [2.75, 3.05) is 13.2 Å². The van der Waals surface area contributed by atoms with Gasteiger partial charge in [-0.3, -0.25) is 9.48 Å². The molecule has 2 amide bonds. The number of furan rings is 1. The average Bonchev–Trinajstić information content (AvgIpc) is 3.40. The van der Waals surface area contributed by atoms with E-state index < -0.39 is 12.0 Å². The second-order valence-electron chi connectivity index (χ2n) is 7.44. The van der Waals surface area contributed by atoms with E-state index in [1.165, 1.54) is 0 Å². The highest BCUT2D eigenvalue weighted by Crippen LogP contribution is 2.28. The summed E-state index contributed by atoms with van der Waals surface area (Å²) < 4.78 is 12.7. The van der Waals surface area contributed by atoms with Crippen LogP contribution in [0.15, 0.2) is 59.1 Å². The van der Waals surface area contributed by atoms with E-state index >= 15 is 0 Å². The molecule has 0 saturated heterocycles. The van der Waals surface area contributed by atoms with E-state index in [-0.39, 0.29) is 31.6 Å². The summed E-state index contributed by atoms with van der Waals surface area (Å²) in [4.78, 5) is 24.4. The Morgan fingerprint density at radius 3 is 2.81 bits per heavy atom. The topological polar surface area (TPSA) is 119 Å². The molecule has 0 bridgehead atoms. The second-order valence-corrected chi connectivity index (χ2v) is 7.44. The van der Waals surface area contributed by atoms with Crippen molar-refractivity contribution in [2.45, 2.75) is 26.1 Å². The van der Waals surface area contributed by atoms with Crippen molar-refractivity contribution in [2.24, 2.45) is 0 Å². The number of benzene rings is 2. The summed E-state index contributed by atoms with van der Waals surface area (Å²) in [6.45, 7) is 2.45. The van der Waals surface area contributed by atoms with E-state index in [2.05, 4.69) is 15.7 Å². The highest BCUT2D eigenvalue weighted by molar-refractivity contribution is 6.06. The van der Waals surface area contributed by atoms with Crippen molar-refractivity contribution < 1.29 is 23.8 Å². The Labute approximate surface area is 184 Å². The van der Waals surface area contributed by atoms with Gasteiger partial charge in [-0.1, -0.05) is 30.3 Å². The molecule has 4 rings (SSSR count). The lowest BCUT2D eigenvalue weighted by Gasteiger charge is -2.15. The van der Waals surface area contributed by atoms with E-state index in [1.54, 1.807) is 23.0 Å². The third-order valence-electron chi connectivity index (χ3n) is 4.94. The molecule has 1 atom stereocenters. The van der Waals surface area contributed by atoms with Crippen LogP contribution in [-0.4, -0.2) is 46.1 Å². The Morgan fingerprint density at radius 1 is 1.22 bits per heavy atom. The van der Waals surface area contributed by atoms with Crippen LogP contribution in [0.2, 0.25) is 0 Å². The molecule has 4 aromatic rings. The maximum Gasteiger partial charge on any atom is 0.407 e. The van der Waals surface area contributed by atoms with Gasteiger partial charge in [-0.05, 0) is 30.7 Å². The smallest absolute Gasteiger partial charge is 0.407 e. The van der Waals surface area contributed by atoms with Crippen LogP contribution in [0.3, 0.4) is 0 Å². The fraction of sp³-hybridized carbons (Fsp3) is 0.261. The van der Waals surface area contributed by atoms with Crippen molar-refractivity contribution in [1.29, 1.82) is 0 Å². The molecule has 0 unspecified atom stereocenters. The lowest BCUT2D eigenvalue weighted by Crippen LogP contribution is -2.36. The molecule has 0 radical (unpaired) electrons. The minimum atomic E-state index is -0.505. The molecule has 0 aliphatic heterocycles. The van der Waals surface area contributed by atoms with E-state index in [1.807, 2.05) is 43.3 Å². The first-order valence-electron chi connectivity index (χ1n) is 10.3. The van der Waals surface area contributed by atoms with Gasteiger partial charge >= 0.3 is 6.09 Å². The Balaban J connectivity index is 1.47. The quantitative estimate of drug-likeness (QED) is 0.391. The minimum absolute atomic E-state index is 0.146. The summed E-state index contributed by atoms with van der Waals surface area (Å²) in [6.07, 6.45) is 1.22. The maximum absolute atomic E-state index is 12.2. The molecule has 166 valence electrons. The van der Waals surface area contributed by atoms with E-state index in [9.17, 15) is 9.59 Å². The molecule has 9 heteroatoms. The first-order chi connectivity index (χ1) is 15.5. The molecule has 0 aliphatic rings. The van der Waals surface area contributed by atoms with Crippen LogP contribution < -0.4 is 10.6 Å². The first-order valence-corrected chi connectivity index (χ1v) is 10.3. The number of aromatic nitrogens is 2. The van der Waals surface area contributed by atoms with Crippen molar-refractivity contribution in [1.82, 2.24) is 20.4 Å². The van der Waals surface area contributed by atoms with Gasteiger partial charge in [0.05, 0.1) is 24.9 Å². The predicted octanol–water partition coefficient (Wildman–Crippen LogP) is 2.82. The molecule has 0 fully saturated rings. The van der Waals surface area contributed by atoms with Gasteiger partial charge in [-0.15, -0.1) is 0 Å². The number of amides is 2. The molecule has 0 aliphatic carbocycles. The number of nitrogens with one attached hydrogen (secondary N) is 2. The largest absolute Gasteiger partial charge is 0.451 e. The third kappa shape index (κ3) is 4.73. The van der Waals surface area contributed by atoms with Crippen molar-refractivity contribution in [3.8, 4) is 0 Å². The van der Waals surface area contributed by atoms with Gasteiger partial charge in [0.15, 0.2) is 5.76 Å². The number of carbonyl (C=O) groups is 2. The Hall–Kier alpha value is -3.85. The maximum atomic E-state index is 12.2. The SMILES string of the molecule is C[C@@H](Cn1ncc2ccc3oc(C(=O)NCCO)cc3c21)NC(=O)OCc1ccccc1. The molecule has 3 N–H and O–H groups in total. The van der Waals surface area contributed by atoms with Gasteiger partial charge in [0.1, 0.15) is 12.2 Å². The van der Waals surface area contributed by atoms with Gasteiger partial charge in [-0.25, -0.2) is 4.79 Å². The molecule has 2 aromatic carbocycles. The number of nitrogens with zero attached hydrogens (tertiary/aromatic N) is 2. The normalized spacial score (nSPS) is 12.1. The summed E-state index contributed by atoms with van der Waals surface area (Å²) in [6, 6.07) is 14.5. The summed E-state index contributed by atoms with van der Waals surface area (Å²) in [5.41, 5.74) is 2.27. The zero-order valence-electron chi connectivity index (χ0n) is 17.6. The molecule has 2 aromatic heterocycles. The lowest BCUT2D eigenvalue weighted by atomic mass is 10.2. The van der Waals surface area contributed by atoms with Crippen LogP contribution in [-0.2, 0) is 17.9 Å². The zero-order valence-corrected chi connectivity index (χ0v) is 17.6. The van der Waals surface area contributed by atoms with E-state index in [0.29, 0.717) is 12.1 Å². The van der Waals surface area contributed by atoms with Crippen LogP contribution in [0.4, 0.5) is 4.79 Å². The van der Waals surface area contributed by atoms with Crippen LogP contribution in [0, 0.1) is 0 Å². The number of carbonyl (C=O) groups excluding carboxylic acids is 2. The summed E-state index contributed by atoms with van der Waals surface area (Å²) in [7, 11) is 0. The number of ether oxygens (including phenoxy) is 1. The number of fused-ring (bicyclic) bond motifs is 3. The summed E-state index contributed by atoms with van der Waals surface area (Å²) in [5.74, 6) is -0.241. The molecule has 0 saturated carbocycles. The van der Waals surface area contributed by atoms with Gasteiger partial charge in [-0.2, -0.15) is 5.10 Å². The molecule has 2 heterocycles. The van der Waals surface area contributed by atoms with Crippen LogP contribution in [0.1, 0.15) is 23.0 Å². The predicted molar refractivity (Wildman–Crippen MR) is 118 cm³/mol. The van der Waals surface area contributed by atoms with Crippen LogP contribution in [0.5, 0.6) is 0 Å². The standard InChI is InChI=1S/C23H24N4O5/c1-15(26-23(30)31-14-16-5-3-2-4-6-16)13-27-21-17(12-25-27)7-8-19-18(21)11-20(32-19)22(29)24-9-10-28/h2-8,11-12,15,28H,9-10,13-14H2,1H3,(H,24,29)(H,26,30)/t15-/m0/s1. The number of hydrogen-bond acceptors (Lipinski definition) is 6. The van der Waals surface area contributed by atoms with Crippen molar-refractivity contribution >= 4 is 33.9 Å². The fourth-order valence-electron chi connectivity index (χ4n) is 3.47. The Kier molecular flexibility index (Phi) is 6.37. The highest BCUT2D eigenvalue weighted by atomic mass is 16.5. The van der Waals surface area contributed by atoms with E-state index in [0.717, 1.165) is 21.9 Å². The highest BCUT2D eigenvalue weighted by Gasteiger charge is 2.17.